The molecule has 0 bridgehead atoms. The Balaban J connectivity index is 1.63. The van der Waals surface area contributed by atoms with Gasteiger partial charge in [-0.15, -0.1) is 11.3 Å². The predicted molar refractivity (Wildman–Crippen MR) is 107 cm³/mol. The highest BCUT2D eigenvalue weighted by molar-refractivity contribution is 7.19. The number of hydrogen-bond acceptors (Lipinski definition) is 4. The molecule has 3 aromatic rings. The Morgan fingerprint density at radius 2 is 2.04 bits per heavy atom. The molecule has 4 rings (SSSR count). The van der Waals surface area contributed by atoms with Crippen LogP contribution in [-0.4, -0.2) is 9.97 Å². The molecule has 2 heterocycles. The van der Waals surface area contributed by atoms with Crippen molar-refractivity contribution in [1.82, 2.24) is 9.97 Å². The molecule has 1 aliphatic carbocycles. The predicted octanol–water partition coefficient (Wildman–Crippen LogP) is 5.90. The highest BCUT2D eigenvalue weighted by Crippen LogP contribution is 2.40. The van der Waals surface area contributed by atoms with Crippen molar-refractivity contribution in [3.63, 3.8) is 0 Å². The lowest BCUT2D eigenvalue weighted by Crippen LogP contribution is -2.09. The molecule has 0 radical (unpaired) electrons. The van der Waals surface area contributed by atoms with Crippen LogP contribution in [0.15, 0.2) is 30.6 Å². The fourth-order valence-electron chi connectivity index (χ4n) is 3.64. The zero-order valence-corrected chi connectivity index (χ0v) is 15.8. The number of unbranched alkanes of at least 4 members (excludes halogenated alkanes) is 1. The summed E-state index contributed by atoms with van der Waals surface area (Å²) in [6.45, 7) is 4.58. The van der Waals surface area contributed by atoms with Crippen LogP contribution in [0.3, 0.4) is 0 Å². The molecule has 1 aromatic carbocycles. The summed E-state index contributed by atoms with van der Waals surface area (Å²) in [5.74, 6) is 1.74. The normalized spacial score (nSPS) is 16.8. The van der Waals surface area contributed by atoms with Crippen molar-refractivity contribution in [2.45, 2.75) is 52.4 Å². The first kappa shape index (κ1) is 16.5. The molecule has 0 saturated heterocycles. The van der Waals surface area contributed by atoms with Gasteiger partial charge in [0.25, 0.3) is 0 Å². The standard InChI is InChI=1S/C21H25N3S/c1-3-4-5-15-7-9-16(10-8-15)24-20-19-17-11-6-14(2)12-18(17)25-21(19)23-13-22-20/h7-10,13-14H,3-6,11-12H2,1-2H3,(H,22,23,24). The van der Waals surface area contributed by atoms with Crippen LogP contribution in [0.1, 0.15) is 49.1 Å². The largest absolute Gasteiger partial charge is 0.340 e. The minimum Gasteiger partial charge on any atom is -0.340 e. The van der Waals surface area contributed by atoms with Crippen molar-refractivity contribution in [1.29, 1.82) is 0 Å². The summed E-state index contributed by atoms with van der Waals surface area (Å²) in [6.07, 6.45) is 8.92. The van der Waals surface area contributed by atoms with Gasteiger partial charge in [0.15, 0.2) is 0 Å². The van der Waals surface area contributed by atoms with Crippen molar-refractivity contribution >= 4 is 33.1 Å². The van der Waals surface area contributed by atoms with E-state index in [2.05, 4.69) is 53.4 Å². The van der Waals surface area contributed by atoms with Gasteiger partial charge in [-0.2, -0.15) is 0 Å². The van der Waals surface area contributed by atoms with Gasteiger partial charge in [-0.25, -0.2) is 9.97 Å². The molecule has 1 aliphatic rings. The Hall–Kier alpha value is -1.94. The van der Waals surface area contributed by atoms with Gasteiger partial charge in [0.05, 0.1) is 5.39 Å². The number of benzene rings is 1. The second-order valence-electron chi connectivity index (χ2n) is 7.18. The zero-order chi connectivity index (χ0) is 17.2. The van der Waals surface area contributed by atoms with Gasteiger partial charge in [0.1, 0.15) is 17.0 Å². The van der Waals surface area contributed by atoms with E-state index in [9.17, 15) is 0 Å². The van der Waals surface area contributed by atoms with E-state index >= 15 is 0 Å². The summed E-state index contributed by atoms with van der Waals surface area (Å²) < 4.78 is 0. The Bertz CT molecular complexity index is 867. The Morgan fingerprint density at radius 3 is 2.84 bits per heavy atom. The van der Waals surface area contributed by atoms with E-state index in [1.165, 1.54) is 47.1 Å². The maximum Gasteiger partial charge on any atom is 0.142 e. The molecule has 0 amide bonds. The fraction of sp³-hybridized carbons (Fsp3) is 0.429. The monoisotopic (exact) mass is 351 g/mol. The summed E-state index contributed by atoms with van der Waals surface area (Å²) >= 11 is 1.85. The lowest BCUT2D eigenvalue weighted by atomic mass is 9.89. The lowest BCUT2D eigenvalue weighted by Gasteiger charge is -2.18. The third-order valence-electron chi connectivity index (χ3n) is 5.13. The van der Waals surface area contributed by atoms with Gasteiger partial charge < -0.3 is 5.32 Å². The smallest absolute Gasteiger partial charge is 0.142 e. The number of rotatable bonds is 5. The highest BCUT2D eigenvalue weighted by atomic mass is 32.1. The van der Waals surface area contributed by atoms with Crippen molar-refractivity contribution in [3.05, 3.63) is 46.6 Å². The molecular formula is C21H25N3S. The first-order valence-electron chi connectivity index (χ1n) is 9.35. The topological polar surface area (TPSA) is 37.8 Å². The second kappa shape index (κ2) is 7.12. The van der Waals surface area contributed by atoms with E-state index in [0.29, 0.717) is 0 Å². The molecule has 4 heteroatoms. The minimum atomic E-state index is 0.778. The van der Waals surface area contributed by atoms with Gasteiger partial charge in [0, 0.05) is 10.6 Å². The number of nitrogens with one attached hydrogen (secondary N) is 1. The van der Waals surface area contributed by atoms with Crippen molar-refractivity contribution in [2.24, 2.45) is 5.92 Å². The SMILES string of the molecule is CCCCc1ccc(Nc2ncnc3sc4c(c23)CCC(C)C4)cc1. The van der Waals surface area contributed by atoms with Gasteiger partial charge in [-0.05, 0) is 61.3 Å². The maximum absolute atomic E-state index is 4.56. The molecule has 25 heavy (non-hydrogen) atoms. The lowest BCUT2D eigenvalue weighted by molar-refractivity contribution is 0.509. The molecule has 2 aromatic heterocycles. The number of aromatic nitrogens is 2. The first-order chi connectivity index (χ1) is 12.2. The number of fused-ring (bicyclic) bond motifs is 3. The number of hydrogen-bond donors (Lipinski definition) is 1. The number of anilines is 2. The van der Waals surface area contributed by atoms with Crippen LogP contribution in [0.5, 0.6) is 0 Å². The Morgan fingerprint density at radius 1 is 1.20 bits per heavy atom. The molecule has 3 nitrogen and oxygen atoms in total. The average Bonchev–Trinajstić information content (AvgIpc) is 2.99. The molecule has 130 valence electrons. The minimum absolute atomic E-state index is 0.778. The molecule has 0 aliphatic heterocycles. The average molecular weight is 352 g/mol. The molecule has 1 N–H and O–H groups in total. The van der Waals surface area contributed by atoms with Crippen LogP contribution >= 0.6 is 11.3 Å². The molecular weight excluding hydrogens is 326 g/mol. The van der Waals surface area contributed by atoms with Crippen LogP contribution in [0.2, 0.25) is 0 Å². The summed E-state index contributed by atoms with van der Waals surface area (Å²) in [6, 6.07) is 8.78. The van der Waals surface area contributed by atoms with Gasteiger partial charge >= 0.3 is 0 Å². The Kier molecular flexibility index (Phi) is 4.71. The summed E-state index contributed by atoms with van der Waals surface area (Å²) in [5.41, 5.74) is 3.98. The zero-order valence-electron chi connectivity index (χ0n) is 15.0. The quantitative estimate of drug-likeness (QED) is 0.621. The van der Waals surface area contributed by atoms with Gasteiger partial charge in [0.2, 0.25) is 0 Å². The highest BCUT2D eigenvalue weighted by Gasteiger charge is 2.23. The maximum atomic E-state index is 4.56. The third-order valence-corrected chi connectivity index (χ3v) is 6.29. The number of aryl methyl sites for hydroxylation is 2. The molecule has 1 atom stereocenters. The van der Waals surface area contributed by atoms with E-state index in [0.717, 1.165) is 35.1 Å². The molecule has 0 fully saturated rings. The molecule has 0 spiro atoms. The summed E-state index contributed by atoms with van der Waals surface area (Å²) in [7, 11) is 0. The number of nitrogens with zero attached hydrogens (tertiary/aromatic N) is 2. The van der Waals surface area contributed by atoms with Gasteiger partial charge in [-0.1, -0.05) is 32.4 Å². The Labute approximate surface area is 153 Å². The van der Waals surface area contributed by atoms with Gasteiger partial charge in [-0.3, -0.25) is 0 Å². The second-order valence-corrected chi connectivity index (χ2v) is 8.26. The fourth-order valence-corrected chi connectivity index (χ4v) is 4.99. The van der Waals surface area contributed by atoms with E-state index in [-0.39, 0.29) is 0 Å². The van der Waals surface area contributed by atoms with Crippen LogP contribution in [-0.2, 0) is 19.3 Å². The van der Waals surface area contributed by atoms with E-state index in [4.69, 9.17) is 0 Å². The van der Waals surface area contributed by atoms with Crippen LogP contribution in [0.25, 0.3) is 10.2 Å². The van der Waals surface area contributed by atoms with Crippen molar-refractivity contribution in [2.75, 3.05) is 5.32 Å². The number of thiophene rings is 1. The summed E-state index contributed by atoms with van der Waals surface area (Å²) in [5, 5.41) is 4.77. The van der Waals surface area contributed by atoms with E-state index < -0.39 is 0 Å². The molecule has 0 saturated carbocycles. The van der Waals surface area contributed by atoms with E-state index in [1.54, 1.807) is 6.33 Å². The van der Waals surface area contributed by atoms with Crippen LogP contribution in [0.4, 0.5) is 11.5 Å². The first-order valence-corrected chi connectivity index (χ1v) is 10.2. The van der Waals surface area contributed by atoms with Crippen LogP contribution < -0.4 is 5.32 Å². The van der Waals surface area contributed by atoms with Crippen molar-refractivity contribution in [3.8, 4) is 0 Å². The van der Waals surface area contributed by atoms with E-state index in [1.807, 2.05) is 11.3 Å². The summed E-state index contributed by atoms with van der Waals surface area (Å²) in [4.78, 5) is 11.7. The van der Waals surface area contributed by atoms with Crippen LogP contribution in [0, 0.1) is 5.92 Å². The third kappa shape index (κ3) is 3.40. The molecule has 1 unspecified atom stereocenters. The van der Waals surface area contributed by atoms with Crippen molar-refractivity contribution < 1.29 is 0 Å².